The summed E-state index contributed by atoms with van der Waals surface area (Å²) >= 11 is 13.1. The highest BCUT2D eigenvalue weighted by Gasteiger charge is 2.09. The fourth-order valence-electron chi connectivity index (χ4n) is 1.50. The van der Waals surface area contributed by atoms with E-state index in [1.807, 2.05) is 30.5 Å². The molecular formula is C13H10Cl2N2OS. The normalized spacial score (nSPS) is 10.3. The van der Waals surface area contributed by atoms with Gasteiger partial charge in [-0.1, -0.05) is 29.3 Å². The highest BCUT2D eigenvalue weighted by Crippen LogP contribution is 2.20. The Morgan fingerprint density at radius 1 is 1.21 bits per heavy atom. The Kier molecular flexibility index (Phi) is 4.69. The molecule has 1 amide bonds. The van der Waals surface area contributed by atoms with Gasteiger partial charge >= 0.3 is 0 Å². The summed E-state index contributed by atoms with van der Waals surface area (Å²) in [6.07, 6.45) is 1.98. The zero-order chi connectivity index (χ0) is 13.8. The fraction of sp³-hybridized carbons (Fsp3) is 0.0769. The van der Waals surface area contributed by atoms with Crippen LogP contribution in [0.2, 0.25) is 10.3 Å². The number of halogens is 2. The second kappa shape index (κ2) is 6.28. The van der Waals surface area contributed by atoms with Crippen LogP contribution in [0.4, 0.5) is 5.69 Å². The van der Waals surface area contributed by atoms with Gasteiger partial charge in [-0.25, -0.2) is 4.98 Å². The summed E-state index contributed by atoms with van der Waals surface area (Å²) in [4.78, 5) is 16.9. The van der Waals surface area contributed by atoms with E-state index in [1.54, 1.807) is 11.8 Å². The van der Waals surface area contributed by atoms with Crippen molar-refractivity contribution < 1.29 is 4.79 Å². The summed E-state index contributed by atoms with van der Waals surface area (Å²) in [5.41, 5.74) is 1.10. The molecule has 98 valence electrons. The highest BCUT2D eigenvalue weighted by molar-refractivity contribution is 7.98. The van der Waals surface area contributed by atoms with Gasteiger partial charge in [-0.15, -0.1) is 11.8 Å². The maximum absolute atomic E-state index is 12.1. The molecule has 0 bridgehead atoms. The molecule has 0 saturated carbocycles. The van der Waals surface area contributed by atoms with Crippen LogP contribution in [-0.2, 0) is 0 Å². The number of anilines is 1. The summed E-state index contributed by atoms with van der Waals surface area (Å²) in [6.45, 7) is 0. The first-order valence-electron chi connectivity index (χ1n) is 5.37. The molecule has 0 fully saturated rings. The highest BCUT2D eigenvalue weighted by atomic mass is 35.5. The maximum atomic E-state index is 12.1. The Balaban J connectivity index is 2.20. The second-order valence-corrected chi connectivity index (χ2v) is 5.34. The minimum atomic E-state index is -0.274. The van der Waals surface area contributed by atoms with Crippen molar-refractivity contribution in [2.45, 2.75) is 4.90 Å². The Hall–Kier alpha value is -1.23. The van der Waals surface area contributed by atoms with Crippen molar-refractivity contribution >= 4 is 46.6 Å². The average Bonchev–Trinajstić information content (AvgIpc) is 2.37. The van der Waals surface area contributed by atoms with Crippen molar-refractivity contribution in [3.05, 3.63) is 52.3 Å². The van der Waals surface area contributed by atoms with Crippen LogP contribution in [0.25, 0.3) is 0 Å². The first-order chi connectivity index (χ1) is 9.08. The molecule has 0 saturated heterocycles. The Morgan fingerprint density at radius 2 is 1.89 bits per heavy atom. The SMILES string of the molecule is CSc1cccc(NC(=O)c2cc(Cl)nc(Cl)c2)c1. The number of thioether (sulfide) groups is 1. The molecule has 1 N–H and O–H groups in total. The van der Waals surface area contributed by atoms with Crippen LogP contribution in [0.5, 0.6) is 0 Å². The van der Waals surface area contributed by atoms with E-state index in [1.165, 1.54) is 12.1 Å². The smallest absolute Gasteiger partial charge is 0.255 e. The Morgan fingerprint density at radius 3 is 2.53 bits per heavy atom. The lowest BCUT2D eigenvalue weighted by Gasteiger charge is -2.07. The van der Waals surface area contributed by atoms with Crippen LogP contribution >= 0.6 is 35.0 Å². The monoisotopic (exact) mass is 312 g/mol. The summed E-state index contributed by atoms with van der Waals surface area (Å²) < 4.78 is 0. The van der Waals surface area contributed by atoms with Gasteiger partial charge in [0.15, 0.2) is 0 Å². The number of hydrogen-bond acceptors (Lipinski definition) is 3. The molecule has 0 aliphatic heterocycles. The number of carbonyl (C=O) groups is 1. The van der Waals surface area contributed by atoms with Gasteiger partial charge in [0.25, 0.3) is 5.91 Å². The molecule has 19 heavy (non-hydrogen) atoms. The van der Waals surface area contributed by atoms with Gasteiger partial charge in [-0.3, -0.25) is 4.79 Å². The van der Waals surface area contributed by atoms with Crippen LogP contribution in [0, 0.1) is 0 Å². The van der Waals surface area contributed by atoms with E-state index in [4.69, 9.17) is 23.2 Å². The number of benzene rings is 1. The second-order valence-electron chi connectivity index (χ2n) is 3.69. The molecule has 0 unspecified atom stereocenters. The Labute approximate surface area is 125 Å². The number of hydrogen-bond donors (Lipinski definition) is 1. The summed E-state index contributed by atoms with van der Waals surface area (Å²) in [6, 6.07) is 10.5. The van der Waals surface area contributed by atoms with Gasteiger partial charge in [0.1, 0.15) is 10.3 Å². The zero-order valence-corrected chi connectivity index (χ0v) is 12.3. The number of nitrogens with one attached hydrogen (secondary N) is 1. The molecule has 3 nitrogen and oxygen atoms in total. The van der Waals surface area contributed by atoms with Crippen LogP contribution in [-0.4, -0.2) is 17.1 Å². The lowest BCUT2D eigenvalue weighted by molar-refractivity contribution is 0.102. The average molecular weight is 313 g/mol. The molecule has 0 aliphatic carbocycles. The Bertz CT molecular complexity index is 599. The first kappa shape index (κ1) is 14.2. The van der Waals surface area contributed by atoms with E-state index in [9.17, 15) is 4.79 Å². The predicted octanol–water partition coefficient (Wildman–Crippen LogP) is 4.36. The molecule has 0 atom stereocenters. The molecule has 1 aromatic heterocycles. The molecule has 6 heteroatoms. The van der Waals surface area contributed by atoms with E-state index in [0.717, 1.165) is 10.6 Å². The van der Waals surface area contributed by atoms with Gasteiger partial charge in [0, 0.05) is 16.1 Å². The number of rotatable bonds is 3. The van der Waals surface area contributed by atoms with Crippen molar-refractivity contribution in [2.24, 2.45) is 0 Å². The number of pyridine rings is 1. The molecule has 2 aromatic rings. The van der Waals surface area contributed by atoms with Gasteiger partial charge in [0.05, 0.1) is 0 Å². The van der Waals surface area contributed by atoms with E-state index >= 15 is 0 Å². The van der Waals surface area contributed by atoms with Crippen molar-refractivity contribution in [2.75, 3.05) is 11.6 Å². The van der Waals surface area contributed by atoms with Crippen molar-refractivity contribution in [3.8, 4) is 0 Å². The minimum absolute atomic E-state index is 0.190. The first-order valence-corrected chi connectivity index (χ1v) is 7.35. The van der Waals surface area contributed by atoms with Crippen molar-refractivity contribution in [1.29, 1.82) is 0 Å². The van der Waals surface area contributed by atoms with Gasteiger partial charge in [-0.05, 0) is 36.6 Å². The van der Waals surface area contributed by atoms with Crippen LogP contribution < -0.4 is 5.32 Å². The van der Waals surface area contributed by atoms with Gasteiger partial charge < -0.3 is 5.32 Å². The van der Waals surface area contributed by atoms with E-state index in [0.29, 0.717) is 5.56 Å². The minimum Gasteiger partial charge on any atom is -0.322 e. The zero-order valence-electron chi connectivity index (χ0n) is 9.98. The largest absolute Gasteiger partial charge is 0.322 e. The topological polar surface area (TPSA) is 42.0 Å². The van der Waals surface area contributed by atoms with Crippen molar-refractivity contribution in [1.82, 2.24) is 4.98 Å². The molecule has 1 heterocycles. The van der Waals surface area contributed by atoms with Crippen LogP contribution in [0.15, 0.2) is 41.3 Å². The van der Waals surface area contributed by atoms with E-state index < -0.39 is 0 Å². The number of carbonyl (C=O) groups excluding carboxylic acids is 1. The van der Waals surface area contributed by atoms with Crippen LogP contribution in [0.1, 0.15) is 10.4 Å². The van der Waals surface area contributed by atoms with Gasteiger partial charge in [0.2, 0.25) is 0 Å². The lowest BCUT2D eigenvalue weighted by atomic mass is 10.2. The van der Waals surface area contributed by atoms with Gasteiger partial charge in [-0.2, -0.15) is 0 Å². The number of amides is 1. The number of nitrogens with zero attached hydrogens (tertiary/aromatic N) is 1. The molecule has 2 rings (SSSR count). The van der Waals surface area contributed by atoms with Crippen molar-refractivity contribution in [3.63, 3.8) is 0 Å². The molecule has 0 radical (unpaired) electrons. The fourth-order valence-corrected chi connectivity index (χ4v) is 2.42. The third-order valence-electron chi connectivity index (χ3n) is 2.35. The van der Waals surface area contributed by atoms with Crippen LogP contribution in [0.3, 0.4) is 0 Å². The molecule has 0 aliphatic rings. The third kappa shape index (κ3) is 3.86. The summed E-state index contributed by atoms with van der Waals surface area (Å²) in [5, 5.41) is 3.17. The lowest BCUT2D eigenvalue weighted by Crippen LogP contribution is -2.12. The summed E-state index contributed by atoms with van der Waals surface area (Å²) in [7, 11) is 0. The number of aromatic nitrogens is 1. The third-order valence-corrected chi connectivity index (χ3v) is 3.47. The standard InChI is InChI=1S/C13H10Cl2N2OS/c1-19-10-4-2-3-9(7-10)16-13(18)8-5-11(14)17-12(15)6-8/h2-7H,1H3,(H,16,18). The quantitative estimate of drug-likeness (QED) is 0.676. The molecule has 0 spiro atoms. The van der Waals surface area contributed by atoms with E-state index in [-0.39, 0.29) is 16.2 Å². The maximum Gasteiger partial charge on any atom is 0.255 e. The molecule has 1 aromatic carbocycles. The predicted molar refractivity (Wildman–Crippen MR) is 80.4 cm³/mol. The molecular weight excluding hydrogens is 303 g/mol. The summed E-state index contributed by atoms with van der Waals surface area (Å²) in [5.74, 6) is -0.274. The van der Waals surface area contributed by atoms with E-state index in [2.05, 4.69) is 10.3 Å².